The lowest BCUT2D eigenvalue weighted by Crippen LogP contribution is -2.39. The first kappa shape index (κ1) is 15.6. The van der Waals surface area contributed by atoms with Crippen molar-refractivity contribution in [3.63, 3.8) is 0 Å². The summed E-state index contributed by atoms with van der Waals surface area (Å²) in [5.41, 5.74) is 0. The fourth-order valence-corrected chi connectivity index (χ4v) is 4.06. The number of rotatable bonds is 6. The van der Waals surface area contributed by atoms with E-state index < -0.39 is 5.97 Å². The molecule has 2 heterocycles. The van der Waals surface area contributed by atoms with Crippen molar-refractivity contribution in [1.29, 1.82) is 0 Å². The maximum Gasteiger partial charge on any atom is 0.304 e. The summed E-state index contributed by atoms with van der Waals surface area (Å²) < 4.78 is 0. The van der Waals surface area contributed by atoms with E-state index in [-0.39, 0.29) is 12.3 Å². The van der Waals surface area contributed by atoms with Crippen LogP contribution in [0.15, 0.2) is 0 Å². The van der Waals surface area contributed by atoms with E-state index in [2.05, 4.69) is 4.90 Å². The molecule has 2 aliphatic heterocycles. The average Bonchev–Trinajstić information content (AvgIpc) is 2.97. The summed E-state index contributed by atoms with van der Waals surface area (Å²) in [7, 11) is 0. The molecule has 1 unspecified atom stereocenters. The predicted octanol–water partition coefficient (Wildman–Crippen LogP) is 1.28. The van der Waals surface area contributed by atoms with Gasteiger partial charge in [-0.3, -0.25) is 9.59 Å². The number of aliphatic carboxylic acids is 1. The second-order valence-electron chi connectivity index (χ2n) is 5.61. The smallest absolute Gasteiger partial charge is 0.304 e. The molecule has 5 nitrogen and oxygen atoms in total. The maximum atomic E-state index is 12.0. The van der Waals surface area contributed by atoms with Gasteiger partial charge in [-0.15, -0.1) is 11.8 Å². The molecule has 0 radical (unpaired) electrons. The number of carbonyl (C=O) groups is 2. The van der Waals surface area contributed by atoms with E-state index in [1.165, 1.54) is 0 Å². The van der Waals surface area contributed by atoms with Crippen LogP contribution in [0, 0.1) is 0 Å². The van der Waals surface area contributed by atoms with Gasteiger partial charge in [0.25, 0.3) is 0 Å². The summed E-state index contributed by atoms with van der Waals surface area (Å²) in [4.78, 5) is 26.8. The van der Waals surface area contributed by atoms with Crippen molar-refractivity contribution < 1.29 is 14.7 Å². The van der Waals surface area contributed by atoms with Gasteiger partial charge in [0, 0.05) is 31.4 Å². The van der Waals surface area contributed by atoms with Crippen LogP contribution in [0.25, 0.3) is 0 Å². The van der Waals surface area contributed by atoms with E-state index in [0.717, 1.165) is 51.9 Å². The molecule has 0 spiro atoms. The van der Waals surface area contributed by atoms with E-state index >= 15 is 0 Å². The highest BCUT2D eigenvalue weighted by molar-refractivity contribution is 8.00. The molecule has 0 bridgehead atoms. The molecule has 0 aromatic carbocycles. The average molecular weight is 300 g/mol. The minimum Gasteiger partial charge on any atom is -0.481 e. The zero-order valence-electron chi connectivity index (χ0n) is 11.9. The number of thioether (sulfide) groups is 1. The molecule has 1 N–H and O–H groups in total. The zero-order chi connectivity index (χ0) is 14.4. The summed E-state index contributed by atoms with van der Waals surface area (Å²) in [5.74, 6) is 0.122. The Morgan fingerprint density at radius 1 is 1.15 bits per heavy atom. The zero-order valence-corrected chi connectivity index (χ0v) is 12.7. The van der Waals surface area contributed by atoms with E-state index in [4.69, 9.17) is 5.11 Å². The summed E-state index contributed by atoms with van der Waals surface area (Å²) in [6.45, 7) is 4.39. The van der Waals surface area contributed by atoms with Gasteiger partial charge in [0.1, 0.15) is 0 Å². The molecule has 0 aliphatic carbocycles. The lowest BCUT2D eigenvalue weighted by molar-refractivity contribution is -0.137. The van der Waals surface area contributed by atoms with Crippen LogP contribution in [0.1, 0.15) is 32.1 Å². The molecule has 2 rings (SSSR count). The lowest BCUT2D eigenvalue weighted by atomic mass is 10.1. The van der Waals surface area contributed by atoms with Crippen molar-refractivity contribution in [3.8, 4) is 0 Å². The number of carbonyl (C=O) groups excluding carboxylic acids is 1. The number of carboxylic acid groups (broad SMARTS) is 1. The Kier molecular flexibility index (Phi) is 6.16. The molecule has 114 valence electrons. The third-order valence-corrected chi connectivity index (χ3v) is 5.28. The fourth-order valence-electron chi connectivity index (χ4n) is 2.85. The Hall–Kier alpha value is -0.750. The van der Waals surface area contributed by atoms with Gasteiger partial charge in [-0.2, -0.15) is 0 Å². The van der Waals surface area contributed by atoms with E-state index in [1.807, 2.05) is 4.90 Å². The van der Waals surface area contributed by atoms with Crippen molar-refractivity contribution >= 4 is 23.6 Å². The molecule has 0 aromatic rings. The predicted molar refractivity (Wildman–Crippen MR) is 80.0 cm³/mol. The Morgan fingerprint density at radius 3 is 2.60 bits per heavy atom. The molecule has 2 fully saturated rings. The van der Waals surface area contributed by atoms with E-state index in [0.29, 0.717) is 17.5 Å². The summed E-state index contributed by atoms with van der Waals surface area (Å²) in [6.07, 6.45) is 4.74. The first-order chi connectivity index (χ1) is 9.65. The second-order valence-corrected chi connectivity index (χ2v) is 6.90. The van der Waals surface area contributed by atoms with Crippen LogP contribution in [0.4, 0.5) is 0 Å². The van der Waals surface area contributed by atoms with Crippen molar-refractivity contribution in [1.82, 2.24) is 9.80 Å². The number of amides is 1. The third-order valence-electron chi connectivity index (χ3n) is 4.01. The normalized spacial score (nSPS) is 24.0. The maximum absolute atomic E-state index is 12.0. The minimum atomic E-state index is -0.732. The van der Waals surface area contributed by atoms with Crippen LogP contribution in [0.2, 0.25) is 0 Å². The van der Waals surface area contributed by atoms with E-state index in [1.54, 1.807) is 11.8 Å². The van der Waals surface area contributed by atoms with Gasteiger partial charge in [0.2, 0.25) is 5.91 Å². The van der Waals surface area contributed by atoms with Crippen LogP contribution in [-0.4, -0.2) is 70.5 Å². The topological polar surface area (TPSA) is 60.9 Å². The van der Waals surface area contributed by atoms with Gasteiger partial charge >= 0.3 is 5.97 Å². The largest absolute Gasteiger partial charge is 0.481 e. The molecule has 2 aliphatic rings. The Bertz CT molecular complexity index is 345. The van der Waals surface area contributed by atoms with Crippen LogP contribution < -0.4 is 0 Å². The van der Waals surface area contributed by atoms with Crippen molar-refractivity contribution in [2.24, 2.45) is 0 Å². The Labute approximate surface area is 124 Å². The van der Waals surface area contributed by atoms with Crippen LogP contribution in [0.3, 0.4) is 0 Å². The number of hydrogen-bond acceptors (Lipinski definition) is 4. The highest BCUT2D eigenvalue weighted by Gasteiger charge is 2.23. The Morgan fingerprint density at radius 2 is 1.90 bits per heavy atom. The molecule has 1 amide bonds. The molecular formula is C14H24N2O3S. The van der Waals surface area contributed by atoms with Gasteiger partial charge in [0.15, 0.2) is 0 Å². The number of piperidine rings is 1. The van der Waals surface area contributed by atoms with Crippen molar-refractivity contribution in [2.75, 3.05) is 38.5 Å². The second kappa shape index (κ2) is 7.88. The summed E-state index contributed by atoms with van der Waals surface area (Å²) in [5, 5.41) is 9.20. The summed E-state index contributed by atoms with van der Waals surface area (Å²) in [6, 6.07) is 0. The highest BCUT2D eigenvalue weighted by Crippen LogP contribution is 2.23. The van der Waals surface area contributed by atoms with Crippen LogP contribution in [-0.2, 0) is 9.59 Å². The van der Waals surface area contributed by atoms with Crippen LogP contribution in [0.5, 0.6) is 0 Å². The summed E-state index contributed by atoms with van der Waals surface area (Å²) >= 11 is 1.75. The van der Waals surface area contributed by atoms with Crippen LogP contribution >= 0.6 is 11.8 Å². The molecular weight excluding hydrogens is 276 g/mol. The number of carboxylic acids is 1. The Balaban J connectivity index is 1.67. The minimum absolute atomic E-state index is 0.212. The van der Waals surface area contributed by atoms with Gasteiger partial charge < -0.3 is 14.9 Å². The molecule has 6 heteroatoms. The standard InChI is InChI=1S/C14H24N2O3S/c17-13(16-7-1-2-8-16)11-20-12-4-3-6-15(10-12)9-5-14(18)19/h12H,1-11H2,(H,18,19). The number of hydrogen-bond donors (Lipinski definition) is 1. The van der Waals surface area contributed by atoms with Crippen molar-refractivity contribution in [2.45, 2.75) is 37.4 Å². The van der Waals surface area contributed by atoms with Crippen molar-refractivity contribution in [3.05, 3.63) is 0 Å². The van der Waals surface area contributed by atoms with Gasteiger partial charge in [-0.1, -0.05) is 0 Å². The highest BCUT2D eigenvalue weighted by atomic mass is 32.2. The lowest BCUT2D eigenvalue weighted by Gasteiger charge is -2.32. The number of likely N-dealkylation sites (tertiary alicyclic amines) is 2. The monoisotopic (exact) mass is 300 g/mol. The first-order valence-electron chi connectivity index (χ1n) is 7.48. The SMILES string of the molecule is O=C(O)CCN1CCCC(SCC(=O)N2CCCC2)C1. The molecule has 0 saturated carbocycles. The third kappa shape index (κ3) is 4.98. The first-order valence-corrected chi connectivity index (χ1v) is 8.53. The molecule has 0 aromatic heterocycles. The molecule has 1 atom stereocenters. The molecule has 2 saturated heterocycles. The van der Waals surface area contributed by atoms with E-state index in [9.17, 15) is 9.59 Å². The molecule has 20 heavy (non-hydrogen) atoms. The quantitative estimate of drug-likeness (QED) is 0.801. The fraction of sp³-hybridized carbons (Fsp3) is 0.857. The van der Waals surface area contributed by atoms with Gasteiger partial charge in [0.05, 0.1) is 12.2 Å². The van der Waals surface area contributed by atoms with Gasteiger partial charge in [-0.25, -0.2) is 0 Å². The number of nitrogens with zero attached hydrogens (tertiary/aromatic N) is 2. The van der Waals surface area contributed by atoms with Gasteiger partial charge in [-0.05, 0) is 32.2 Å².